The van der Waals surface area contributed by atoms with Gasteiger partial charge in [-0.25, -0.2) is 0 Å². The van der Waals surface area contributed by atoms with E-state index in [1.807, 2.05) is 4.90 Å². The van der Waals surface area contributed by atoms with Crippen molar-refractivity contribution in [3.8, 4) is 0 Å². The average molecular weight is 290 g/mol. The molecule has 2 aliphatic heterocycles. The predicted molar refractivity (Wildman–Crippen MR) is 79.4 cm³/mol. The van der Waals surface area contributed by atoms with E-state index in [1.165, 1.54) is 19.3 Å². The van der Waals surface area contributed by atoms with Gasteiger partial charge in [-0.3, -0.25) is 9.59 Å². The Bertz CT molecular complexity index is 475. The zero-order valence-corrected chi connectivity index (χ0v) is 13.1. The highest BCUT2D eigenvalue weighted by Gasteiger charge is 2.54. The minimum atomic E-state index is -0.212. The molecule has 0 aromatic heterocycles. The van der Waals surface area contributed by atoms with E-state index in [0.29, 0.717) is 12.0 Å². The fourth-order valence-corrected chi connectivity index (χ4v) is 5.41. The summed E-state index contributed by atoms with van der Waals surface area (Å²) in [6.07, 6.45) is 6.86. The van der Waals surface area contributed by atoms with Gasteiger partial charge in [0, 0.05) is 12.6 Å². The SMILES string of the molecule is CC(C)C1C(=O)N2CCCC2C(=O)N1C1CC2CCC1C2. The van der Waals surface area contributed by atoms with E-state index >= 15 is 0 Å². The molecule has 0 spiro atoms. The van der Waals surface area contributed by atoms with Crippen molar-refractivity contribution >= 4 is 11.8 Å². The maximum Gasteiger partial charge on any atom is 0.246 e. The van der Waals surface area contributed by atoms with Crippen LogP contribution in [0, 0.1) is 17.8 Å². The number of hydrogen-bond donors (Lipinski definition) is 0. The molecule has 2 heterocycles. The molecule has 0 radical (unpaired) electrons. The summed E-state index contributed by atoms with van der Waals surface area (Å²) in [4.78, 5) is 29.9. The molecule has 5 atom stereocenters. The molecule has 4 heteroatoms. The summed E-state index contributed by atoms with van der Waals surface area (Å²) in [5.41, 5.74) is 0. The van der Waals surface area contributed by atoms with E-state index in [0.717, 1.165) is 31.7 Å². The molecule has 4 rings (SSSR count). The van der Waals surface area contributed by atoms with Crippen molar-refractivity contribution < 1.29 is 9.59 Å². The van der Waals surface area contributed by atoms with Gasteiger partial charge in [-0.2, -0.15) is 0 Å². The van der Waals surface area contributed by atoms with Gasteiger partial charge in [0.1, 0.15) is 12.1 Å². The van der Waals surface area contributed by atoms with Crippen molar-refractivity contribution in [2.75, 3.05) is 6.54 Å². The Labute approximate surface area is 126 Å². The minimum Gasteiger partial charge on any atom is -0.329 e. The van der Waals surface area contributed by atoms with Crippen molar-refractivity contribution in [1.82, 2.24) is 9.80 Å². The molecular weight excluding hydrogens is 264 g/mol. The number of carbonyl (C=O) groups excluding carboxylic acids is 2. The van der Waals surface area contributed by atoms with Crippen molar-refractivity contribution in [1.29, 1.82) is 0 Å². The number of hydrogen-bond acceptors (Lipinski definition) is 2. The van der Waals surface area contributed by atoms with Crippen molar-refractivity contribution in [2.24, 2.45) is 17.8 Å². The Hall–Kier alpha value is -1.06. The Morgan fingerprint density at radius 2 is 1.86 bits per heavy atom. The van der Waals surface area contributed by atoms with Gasteiger partial charge in [-0.05, 0) is 49.9 Å². The third-order valence-electron chi connectivity index (χ3n) is 6.32. The lowest BCUT2D eigenvalue weighted by molar-refractivity contribution is -0.165. The molecule has 0 aromatic rings. The van der Waals surface area contributed by atoms with Crippen LogP contribution in [0.1, 0.15) is 52.4 Å². The second-order valence-corrected chi connectivity index (χ2v) is 7.87. The monoisotopic (exact) mass is 290 g/mol. The van der Waals surface area contributed by atoms with E-state index in [2.05, 4.69) is 18.7 Å². The lowest BCUT2D eigenvalue weighted by atomic mass is 9.87. The topological polar surface area (TPSA) is 40.6 Å². The molecule has 116 valence electrons. The maximum absolute atomic E-state index is 13.1. The number of nitrogens with zero attached hydrogens (tertiary/aromatic N) is 2. The van der Waals surface area contributed by atoms with E-state index < -0.39 is 0 Å². The summed E-state index contributed by atoms with van der Waals surface area (Å²) < 4.78 is 0. The standard InChI is InChI=1S/C17H26N2O2/c1-10(2)15-17(21)18-7-3-4-13(18)16(20)19(15)14-9-11-5-6-12(14)8-11/h10-15H,3-9H2,1-2H3. The molecule has 0 aromatic carbocycles. The molecule has 2 saturated carbocycles. The minimum absolute atomic E-state index is 0.147. The largest absolute Gasteiger partial charge is 0.329 e. The number of rotatable bonds is 2. The zero-order valence-electron chi connectivity index (χ0n) is 13.1. The Kier molecular flexibility index (Phi) is 3.05. The highest BCUT2D eigenvalue weighted by atomic mass is 16.2. The van der Waals surface area contributed by atoms with Crippen LogP contribution in [0.2, 0.25) is 0 Å². The zero-order chi connectivity index (χ0) is 14.7. The van der Waals surface area contributed by atoms with Crippen LogP contribution >= 0.6 is 0 Å². The lowest BCUT2D eigenvalue weighted by Crippen LogP contribution is -2.67. The van der Waals surface area contributed by atoms with E-state index in [9.17, 15) is 9.59 Å². The molecule has 0 N–H and O–H groups in total. The Morgan fingerprint density at radius 3 is 2.48 bits per heavy atom. The fraction of sp³-hybridized carbons (Fsp3) is 0.882. The number of piperazine rings is 1. The molecule has 2 aliphatic carbocycles. The number of fused-ring (bicyclic) bond motifs is 3. The molecule has 4 nitrogen and oxygen atoms in total. The van der Waals surface area contributed by atoms with Crippen LogP contribution in [0.25, 0.3) is 0 Å². The normalized spacial score (nSPS) is 42.3. The first kappa shape index (κ1) is 13.6. The van der Waals surface area contributed by atoms with Gasteiger partial charge in [0.2, 0.25) is 11.8 Å². The predicted octanol–water partition coefficient (Wildman–Crippen LogP) is 2.03. The second kappa shape index (κ2) is 4.72. The van der Waals surface area contributed by atoms with Crippen LogP contribution in [0.3, 0.4) is 0 Å². The van der Waals surface area contributed by atoms with Gasteiger partial charge in [-0.1, -0.05) is 20.3 Å². The third kappa shape index (κ3) is 1.87. The number of carbonyl (C=O) groups is 2. The highest BCUT2D eigenvalue weighted by Crippen LogP contribution is 2.48. The van der Waals surface area contributed by atoms with Crippen molar-refractivity contribution in [3.05, 3.63) is 0 Å². The Balaban J connectivity index is 1.68. The summed E-state index contributed by atoms with van der Waals surface area (Å²) in [6, 6.07) is -0.0156. The van der Waals surface area contributed by atoms with Crippen LogP contribution in [-0.2, 0) is 9.59 Å². The molecule has 4 fully saturated rings. The first-order valence-corrected chi connectivity index (χ1v) is 8.70. The molecular formula is C17H26N2O2. The summed E-state index contributed by atoms with van der Waals surface area (Å²) in [5.74, 6) is 2.14. The maximum atomic E-state index is 13.1. The quantitative estimate of drug-likeness (QED) is 0.781. The van der Waals surface area contributed by atoms with Gasteiger partial charge in [0.25, 0.3) is 0 Å². The van der Waals surface area contributed by atoms with Crippen LogP contribution < -0.4 is 0 Å². The molecule has 4 aliphatic rings. The average Bonchev–Trinajstić information content (AvgIpc) is 3.15. The van der Waals surface area contributed by atoms with Crippen molar-refractivity contribution in [3.63, 3.8) is 0 Å². The Morgan fingerprint density at radius 1 is 1.05 bits per heavy atom. The summed E-state index contributed by atoms with van der Waals surface area (Å²) >= 11 is 0. The molecule has 2 saturated heterocycles. The highest BCUT2D eigenvalue weighted by molar-refractivity contribution is 5.97. The molecule has 2 bridgehead atoms. The van der Waals surface area contributed by atoms with Gasteiger partial charge in [0.15, 0.2) is 0 Å². The van der Waals surface area contributed by atoms with Gasteiger partial charge in [0.05, 0.1) is 0 Å². The molecule has 2 amide bonds. The van der Waals surface area contributed by atoms with E-state index in [-0.39, 0.29) is 29.8 Å². The van der Waals surface area contributed by atoms with Crippen LogP contribution in [-0.4, -0.2) is 46.3 Å². The molecule has 5 unspecified atom stereocenters. The van der Waals surface area contributed by atoms with Gasteiger partial charge >= 0.3 is 0 Å². The summed E-state index contributed by atoms with van der Waals surface area (Å²) in [5, 5.41) is 0. The summed E-state index contributed by atoms with van der Waals surface area (Å²) in [7, 11) is 0. The third-order valence-corrected chi connectivity index (χ3v) is 6.32. The van der Waals surface area contributed by atoms with E-state index in [4.69, 9.17) is 0 Å². The molecule has 21 heavy (non-hydrogen) atoms. The van der Waals surface area contributed by atoms with Crippen LogP contribution in [0.15, 0.2) is 0 Å². The van der Waals surface area contributed by atoms with Gasteiger partial charge in [-0.15, -0.1) is 0 Å². The summed E-state index contributed by atoms with van der Waals surface area (Å²) in [6.45, 7) is 4.96. The van der Waals surface area contributed by atoms with E-state index in [1.54, 1.807) is 0 Å². The first-order chi connectivity index (χ1) is 10.1. The van der Waals surface area contributed by atoms with Crippen molar-refractivity contribution in [2.45, 2.75) is 70.5 Å². The van der Waals surface area contributed by atoms with Gasteiger partial charge < -0.3 is 9.80 Å². The smallest absolute Gasteiger partial charge is 0.246 e. The lowest BCUT2D eigenvalue weighted by Gasteiger charge is -2.48. The first-order valence-electron chi connectivity index (χ1n) is 8.70. The second-order valence-electron chi connectivity index (χ2n) is 7.87. The fourth-order valence-electron chi connectivity index (χ4n) is 5.41. The number of amides is 2. The van der Waals surface area contributed by atoms with Crippen LogP contribution in [0.5, 0.6) is 0 Å². The van der Waals surface area contributed by atoms with Crippen LogP contribution in [0.4, 0.5) is 0 Å².